The fourth-order valence-electron chi connectivity index (χ4n) is 5.77. The molecule has 5 rings (SSSR count). The number of nitrogens with zero attached hydrogens (tertiary/aromatic N) is 2. The van der Waals surface area contributed by atoms with Gasteiger partial charge in [0.15, 0.2) is 17.7 Å². The lowest BCUT2D eigenvalue weighted by Gasteiger charge is -2.49. The monoisotopic (exact) mass is 473 g/mol. The number of hydrogen-bond acceptors (Lipinski definition) is 7. The Hall–Kier alpha value is -2.71. The average Bonchev–Trinajstić information content (AvgIpc) is 3.20. The summed E-state index contributed by atoms with van der Waals surface area (Å²) in [7, 11) is 7.13. The lowest BCUT2D eigenvalue weighted by atomic mass is 9.72. The summed E-state index contributed by atoms with van der Waals surface area (Å²) in [6, 6.07) is 4.30. The highest BCUT2D eigenvalue weighted by Crippen LogP contribution is 2.48. The molecule has 3 unspecified atom stereocenters. The summed E-state index contributed by atoms with van der Waals surface area (Å²) >= 11 is 0. The van der Waals surface area contributed by atoms with Crippen LogP contribution in [-0.4, -0.2) is 74.5 Å². The molecule has 8 heteroatoms. The number of fused-ring (bicyclic) bond motifs is 6. The van der Waals surface area contributed by atoms with E-state index in [1.54, 1.807) is 20.5 Å². The average molecular weight is 474 g/mol. The van der Waals surface area contributed by atoms with Crippen LogP contribution in [0, 0.1) is 11.8 Å². The summed E-state index contributed by atoms with van der Waals surface area (Å²) in [5.41, 5.74) is 4.29. The lowest BCUT2D eigenvalue weighted by molar-refractivity contribution is -0.153. The number of aromatic nitrogens is 1. The molecule has 8 nitrogen and oxygen atoms in total. The van der Waals surface area contributed by atoms with Crippen LogP contribution in [0.5, 0.6) is 11.5 Å². The summed E-state index contributed by atoms with van der Waals surface area (Å²) in [6.45, 7) is 5.86. The molecule has 0 aliphatic carbocycles. The van der Waals surface area contributed by atoms with E-state index in [1.165, 1.54) is 16.6 Å². The van der Waals surface area contributed by atoms with Gasteiger partial charge in [0.25, 0.3) is 0 Å². The molecule has 1 aromatic heterocycles. The van der Waals surface area contributed by atoms with Crippen molar-refractivity contribution in [3.8, 4) is 11.5 Å². The van der Waals surface area contributed by atoms with Crippen molar-refractivity contribution in [1.29, 1.82) is 0 Å². The van der Waals surface area contributed by atoms with Gasteiger partial charge in [-0.1, -0.05) is 0 Å². The third kappa shape index (κ3) is 3.73. The minimum absolute atomic E-state index is 0. The number of H-pyrrole nitrogens is 1. The number of methoxy groups -OCH3 is 2. The van der Waals surface area contributed by atoms with Crippen molar-refractivity contribution in [3.05, 3.63) is 35.2 Å². The highest BCUT2D eigenvalue weighted by Gasteiger charge is 2.47. The molecule has 1 N–H and O–H groups in total. The zero-order chi connectivity index (χ0) is 24.1. The molecule has 5 atom stereocenters. The van der Waals surface area contributed by atoms with E-state index in [0.717, 1.165) is 42.9 Å². The summed E-state index contributed by atoms with van der Waals surface area (Å²) < 4.78 is 22.7. The van der Waals surface area contributed by atoms with Gasteiger partial charge in [0.1, 0.15) is 0 Å². The van der Waals surface area contributed by atoms with Gasteiger partial charge >= 0.3 is 5.97 Å². The molecule has 0 bridgehead atoms. The Bertz CT molecular complexity index is 1130. The first-order valence-corrected chi connectivity index (χ1v) is 12.1. The number of benzene rings is 1. The number of carbonyl (C=O) groups is 1. The molecule has 1 fully saturated rings. The van der Waals surface area contributed by atoms with E-state index in [-0.39, 0.29) is 39.0 Å². The first-order chi connectivity index (χ1) is 16.3. The van der Waals surface area contributed by atoms with Crippen LogP contribution in [-0.2, 0) is 20.7 Å². The second-order valence-corrected chi connectivity index (χ2v) is 9.92. The van der Waals surface area contributed by atoms with E-state index in [0.29, 0.717) is 5.57 Å². The number of piperidine rings is 1. The van der Waals surface area contributed by atoms with Crippen LogP contribution in [0.3, 0.4) is 0 Å². The van der Waals surface area contributed by atoms with Gasteiger partial charge in [-0.15, -0.1) is 0 Å². The molecule has 1 aromatic carbocycles. The SMILES string of the molecule is COc1cc2[nH]c3c(c2cc1OC)CCN1CC2C(C[C@H]31)C(C(=O)OC(C)N(C)C)=CO[C@H]2C.[HH].[HH]. The van der Waals surface area contributed by atoms with Gasteiger partial charge in [0.2, 0.25) is 0 Å². The van der Waals surface area contributed by atoms with Gasteiger partial charge in [-0.25, -0.2) is 4.79 Å². The molecule has 3 aliphatic rings. The summed E-state index contributed by atoms with van der Waals surface area (Å²) in [6.07, 6.45) is 3.23. The standard InChI is InChI=1S/C26H35N3O5.2H2/c1-14-19-12-29-8-7-16-18-10-23(31-5)24(32-6)11-21(18)27-25(16)22(29)9-17(19)20(13-33-14)26(30)34-15(2)28(3)4;;/h10-11,13-15,17,19,22,27H,7-9,12H2,1-6H3;2*1H/t14-,15?,17?,19?,22+;;/m0../s1. The molecule has 4 heterocycles. The second-order valence-electron chi connectivity index (χ2n) is 9.92. The van der Waals surface area contributed by atoms with E-state index in [9.17, 15) is 4.79 Å². The highest BCUT2D eigenvalue weighted by atomic mass is 16.6. The maximum Gasteiger partial charge on any atom is 0.338 e. The molecule has 188 valence electrons. The van der Waals surface area contributed by atoms with Crippen molar-refractivity contribution in [3.63, 3.8) is 0 Å². The van der Waals surface area contributed by atoms with E-state index >= 15 is 0 Å². The van der Waals surface area contributed by atoms with Crippen molar-refractivity contribution in [2.45, 2.75) is 45.1 Å². The zero-order valence-electron chi connectivity index (χ0n) is 20.9. The Morgan fingerprint density at radius 3 is 2.71 bits per heavy atom. The molecule has 0 amide bonds. The topological polar surface area (TPSA) is 76.3 Å². The van der Waals surface area contributed by atoms with Crippen molar-refractivity contribution in [1.82, 2.24) is 14.8 Å². The maximum absolute atomic E-state index is 13.1. The molecule has 34 heavy (non-hydrogen) atoms. The van der Waals surface area contributed by atoms with Gasteiger partial charge in [0, 0.05) is 50.4 Å². The van der Waals surface area contributed by atoms with Gasteiger partial charge in [0.05, 0.1) is 38.2 Å². The van der Waals surface area contributed by atoms with E-state index in [4.69, 9.17) is 18.9 Å². The number of ether oxygens (including phenoxy) is 4. The number of carbonyl (C=O) groups excluding carboxylic acids is 1. The highest BCUT2D eigenvalue weighted by molar-refractivity contribution is 5.90. The van der Waals surface area contributed by atoms with Crippen LogP contribution in [0.1, 0.15) is 40.4 Å². The van der Waals surface area contributed by atoms with Crippen molar-refractivity contribution < 1.29 is 26.6 Å². The minimum atomic E-state index is -0.300. The Kier molecular flexibility index (Phi) is 5.98. The fourth-order valence-corrected chi connectivity index (χ4v) is 5.77. The van der Waals surface area contributed by atoms with Crippen molar-refractivity contribution in [2.24, 2.45) is 11.8 Å². The summed E-state index contributed by atoms with van der Waals surface area (Å²) in [5.74, 6) is 1.52. The minimum Gasteiger partial charge on any atom is -0.497 e. The van der Waals surface area contributed by atoms with Gasteiger partial charge in [-0.2, -0.15) is 0 Å². The van der Waals surface area contributed by atoms with Crippen LogP contribution in [0.25, 0.3) is 10.9 Å². The normalized spacial score (nSPS) is 27.2. The van der Waals surface area contributed by atoms with Gasteiger partial charge in [-0.05, 0) is 52.4 Å². The predicted molar refractivity (Wildman–Crippen MR) is 133 cm³/mol. The van der Waals surface area contributed by atoms with Gasteiger partial charge < -0.3 is 23.9 Å². The van der Waals surface area contributed by atoms with Crippen molar-refractivity contribution >= 4 is 16.9 Å². The Labute approximate surface area is 203 Å². The van der Waals surface area contributed by atoms with Crippen LogP contribution < -0.4 is 9.47 Å². The van der Waals surface area contributed by atoms with E-state index in [1.807, 2.05) is 32.0 Å². The summed E-state index contributed by atoms with van der Waals surface area (Å²) in [5, 5.41) is 1.18. The van der Waals surface area contributed by atoms with Crippen LogP contribution >= 0.6 is 0 Å². The Morgan fingerprint density at radius 2 is 2.00 bits per heavy atom. The van der Waals surface area contributed by atoms with Crippen LogP contribution in [0.15, 0.2) is 24.0 Å². The quantitative estimate of drug-likeness (QED) is 0.520. The number of nitrogens with one attached hydrogen (secondary N) is 1. The fraction of sp³-hybridized carbons (Fsp3) is 0.577. The van der Waals surface area contributed by atoms with E-state index in [2.05, 4.69) is 22.9 Å². The Morgan fingerprint density at radius 1 is 1.26 bits per heavy atom. The first-order valence-electron chi connectivity index (χ1n) is 12.1. The molecule has 3 aliphatic heterocycles. The lowest BCUT2D eigenvalue weighted by Crippen LogP contribution is -2.51. The van der Waals surface area contributed by atoms with Crippen LogP contribution in [0.4, 0.5) is 0 Å². The number of hydrogen-bond donors (Lipinski definition) is 1. The zero-order valence-corrected chi connectivity index (χ0v) is 20.9. The maximum atomic E-state index is 13.1. The van der Waals surface area contributed by atoms with Crippen molar-refractivity contribution in [2.75, 3.05) is 41.4 Å². The molecule has 2 aromatic rings. The van der Waals surface area contributed by atoms with E-state index < -0.39 is 0 Å². The van der Waals surface area contributed by atoms with Gasteiger partial charge in [-0.3, -0.25) is 9.80 Å². The number of aromatic amines is 1. The first kappa shape index (κ1) is 23.1. The predicted octanol–water partition coefficient (Wildman–Crippen LogP) is 3.97. The molecule has 1 saturated heterocycles. The smallest absolute Gasteiger partial charge is 0.338 e. The molecular formula is C26H39N3O5. The van der Waals surface area contributed by atoms with Crippen LogP contribution in [0.2, 0.25) is 0 Å². The number of rotatable bonds is 5. The largest absolute Gasteiger partial charge is 0.497 e. The Balaban J connectivity index is 0.00000180. The molecule has 0 spiro atoms. The number of esters is 1. The third-order valence-corrected chi connectivity index (χ3v) is 7.96. The molecule has 0 radical (unpaired) electrons. The third-order valence-electron chi connectivity index (χ3n) is 7.96. The molecule has 0 saturated carbocycles. The molecular weight excluding hydrogens is 434 g/mol. The summed E-state index contributed by atoms with van der Waals surface area (Å²) in [4.78, 5) is 21.2. The second kappa shape index (κ2) is 8.82.